The van der Waals surface area contributed by atoms with Crippen LogP contribution in [-0.4, -0.2) is 50.2 Å². The summed E-state index contributed by atoms with van der Waals surface area (Å²) < 4.78 is 43.7. The maximum atomic E-state index is 13.9. The second-order valence-corrected chi connectivity index (χ2v) is 7.98. The molecule has 0 aliphatic carbocycles. The summed E-state index contributed by atoms with van der Waals surface area (Å²) in [5.74, 6) is -3.20. The van der Waals surface area contributed by atoms with Crippen LogP contribution < -0.4 is 5.32 Å². The number of esters is 1. The van der Waals surface area contributed by atoms with Crippen LogP contribution in [0, 0.1) is 15.9 Å². The van der Waals surface area contributed by atoms with E-state index in [1.807, 2.05) is 0 Å². The van der Waals surface area contributed by atoms with Crippen molar-refractivity contribution in [2.75, 3.05) is 26.0 Å². The fourth-order valence-electron chi connectivity index (χ4n) is 2.17. The topological polar surface area (TPSA) is 136 Å². The summed E-state index contributed by atoms with van der Waals surface area (Å²) in [5, 5.41) is 13.1. The number of carbonyl (C=O) groups is 2. The number of benzene rings is 2. The molecule has 0 atom stereocenters. The van der Waals surface area contributed by atoms with Crippen molar-refractivity contribution in [1.82, 2.24) is 4.31 Å². The Bertz CT molecular complexity index is 1070. The number of nitro benzene ring substituents is 1. The van der Waals surface area contributed by atoms with Crippen molar-refractivity contribution < 1.29 is 32.1 Å². The van der Waals surface area contributed by atoms with Crippen LogP contribution in [0.25, 0.3) is 0 Å². The second-order valence-electron chi connectivity index (χ2n) is 5.83. The van der Waals surface area contributed by atoms with Crippen LogP contribution in [0.1, 0.15) is 10.4 Å². The summed E-state index contributed by atoms with van der Waals surface area (Å²) in [7, 11) is -1.38. The Morgan fingerprint density at radius 2 is 1.86 bits per heavy atom. The van der Waals surface area contributed by atoms with Crippen molar-refractivity contribution >= 4 is 33.3 Å². The minimum Gasteiger partial charge on any atom is -0.452 e. The van der Waals surface area contributed by atoms with E-state index in [2.05, 4.69) is 5.32 Å². The predicted molar refractivity (Wildman–Crippen MR) is 99.3 cm³/mol. The Morgan fingerprint density at radius 1 is 1.21 bits per heavy atom. The average Bonchev–Trinajstić information content (AvgIpc) is 2.66. The molecule has 2 rings (SSSR count). The van der Waals surface area contributed by atoms with Gasteiger partial charge in [0.05, 0.1) is 15.4 Å². The smallest absolute Gasteiger partial charge is 0.341 e. The largest absolute Gasteiger partial charge is 0.452 e. The molecule has 0 unspecified atom stereocenters. The molecule has 154 valence electrons. The van der Waals surface area contributed by atoms with Gasteiger partial charge in [-0.1, -0.05) is 12.1 Å². The van der Waals surface area contributed by atoms with E-state index < -0.39 is 44.8 Å². The molecule has 2 aromatic carbocycles. The number of nitrogens with one attached hydrogen (secondary N) is 1. The molecule has 0 aromatic heterocycles. The molecular formula is C17H16FN3O7S. The van der Waals surface area contributed by atoms with Gasteiger partial charge in [0.2, 0.25) is 10.0 Å². The quantitative estimate of drug-likeness (QED) is 0.406. The lowest BCUT2D eigenvalue weighted by Gasteiger charge is -2.12. The summed E-state index contributed by atoms with van der Waals surface area (Å²) in [5.41, 5.74) is -1.14. The molecule has 29 heavy (non-hydrogen) atoms. The zero-order chi connectivity index (χ0) is 21.8. The number of anilines is 1. The first-order chi connectivity index (χ1) is 13.5. The van der Waals surface area contributed by atoms with E-state index in [9.17, 15) is 32.5 Å². The van der Waals surface area contributed by atoms with E-state index in [4.69, 9.17) is 4.74 Å². The number of hydrogen-bond donors (Lipinski definition) is 1. The van der Waals surface area contributed by atoms with Crippen molar-refractivity contribution in [3.63, 3.8) is 0 Å². The minimum atomic E-state index is -3.92. The standard InChI is InChI=1S/C17H16FN3O7S/c1-20(2)29(26,27)11-7-8-13(18)12(9-11)17(23)28-10-16(22)19-14-5-3-4-6-15(14)21(24)25/h3-9H,10H2,1-2H3,(H,19,22). The van der Waals surface area contributed by atoms with E-state index in [0.717, 1.165) is 22.5 Å². The lowest BCUT2D eigenvalue weighted by molar-refractivity contribution is -0.383. The first-order valence-corrected chi connectivity index (χ1v) is 9.40. The van der Waals surface area contributed by atoms with Gasteiger partial charge in [-0.3, -0.25) is 14.9 Å². The summed E-state index contributed by atoms with van der Waals surface area (Å²) >= 11 is 0. The Balaban J connectivity index is 2.12. The molecule has 1 amide bonds. The van der Waals surface area contributed by atoms with Gasteiger partial charge in [0.1, 0.15) is 11.5 Å². The van der Waals surface area contributed by atoms with Gasteiger partial charge in [-0.15, -0.1) is 0 Å². The average molecular weight is 425 g/mol. The number of amides is 1. The van der Waals surface area contributed by atoms with Gasteiger partial charge in [-0.25, -0.2) is 21.9 Å². The number of carbonyl (C=O) groups excluding carboxylic acids is 2. The number of hydrogen-bond acceptors (Lipinski definition) is 7. The lowest BCUT2D eigenvalue weighted by Crippen LogP contribution is -2.24. The Labute approximate surface area is 165 Å². The number of nitrogens with zero attached hydrogens (tertiary/aromatic N) is 2. The van der Waals surface area contributed by atoms with Gasteiger partial charge in [0.25, 0.3) is 11.6 Å². The van der Waals surface area contributed by atoms with Crippen LogP contribution >= 0.6 is 0 Å². The molecule has 10 nitrogen and oxygen atoms in total. The number of rotatable bonds is 7. The van der Waals surface area contributed by atoms with Gasteiger partial charge in [-0.05, 0) is 24.3 Å². The van der Waals surface area contributed by atoms with Gasteiger partial charge >= 0.3 is 5.97 Å². The number of ether oxygens (including phenoxy) is 1. The van der Waals surface area contributed by atoms with Crippen LogP contribution in [0.3, 0.4) is 0 Å². The molecule has 2 aromatic rings. The molecule has 12 heteroatoms. The van der Waals surface area contributed by atoms with Crippen LogP contribution in [0.4, 0.5) is 15.8 Å². The molecule has 1 N–H and O–H groups in total. The zero-order valence-electron chi connectivity index (χ0n) is 15.3. The zero-order valence-corrected chi connectivity index (χ0v) is 16.1. The predicted octanol–water partition coefficient (Wildman–Crippen LogP) is 1.78. The molecule has 0 saturated heterocycles. The first-order valence-electron chi connectivity index (χ1n) is 7.96. The maximum absolute atomic E-state index is 13.9. The molecule has 0 aliphatic heterocycles. The van der Waals surface area contributed by atoms with Gasteiger partial charge in [0, 0.05) is 20.2 Å². The summed E-state index contributed by atoms with van der Waals surface area (Å²) in [4.78, 5) is 33.9. The molecular weight excluding hydrogens is 409 g/mol. The second kappa shape index (κ2) is 8.75. The normalized spacial score (nSPS) is 11.2. The SMILES string of the molecule is CN(C)S(=O)(=O)c1ccc(F)c(C(=O)OCC(=O)Nc2ccccc2[N+](=O)[O-])c1. The van der Waals surface area contributed by atoms with Gasteiger partial charge in [-0.2, -0.15) is 0 Å². The van der Waals surface area contributed by atoms with E-state index in [1.165, 1.54) is 38.4 Å². The maximum Gasteiger partial charge on any atom is 0.341 e. The summed E-state index contributed by atoms with van der Waals surface area (Å²) in [6, 6.07) is 7.91. The highest BCUT2D eigenvalue weighted by Crippen LogP contribution is 2.23. The van der Waals surface area contributed by atoms with Crippen LogP contribution in [0.15, 0.2) is 47.4 Å². The summed E-state index contributed by atoms with van der Waals surface area (Å²) in [6.45, 7) is -0.866. The monoisotopic (exact) mass is 425 g/mol. The minimum absolute atomic E-state index is 0.108. The fourth-order valence-corrected chi connectivity index (χ4v) is 3.09. The highest BCUT2D eigenvalue weighted by Gasteiger charge is 2.23. The Morgan fingerprint density at radius 3 is 2.48 bits per heavy atom. The molecule has 0 saturated carbocycles. The fraction of sp³-hybridized carbons (Fsp3) is 0.176. The van der Waals surface area contributed by atoms with Crippen molar-refractivity contribution in [3.8, 4) is 0 Å². The third-order valence-corrected chi connectivity index (χ3v) is 5.46. The van der Waals surface area contributed by atoms with Gasteiger partial charge in [0.15, 0.2) is 6.61 Å². The van der Waals surface area contributed by atoms with Crippen LogP contribution in [0.5, 0.6) is 0 Å². The first kappa shape index (κ1) is 21.9. The third-order valence-electron chi connectivity index (χ3n) is 3.65. The van der Waals surface area contributed by atoms with E-state index in [1.54, 1.807) is 0 Å². The molecule has 0 radical (unpaired) electrons. The van der Waals surface area contributed by atoms with Crippen molar-refractivity contribution in [1.29, 1.82) is 0 Å². The van der Waals surface area contributed by atoms with Crippen molar-refractivity contribution in [3.05, 3.63) is 64.0 Å². The van der Waals surface area contributed by atoms with E-state index in [0.29, 0.717) is 0 Å². The molecule has 0 bridgehead atoms. The number of halogens is 1. The molecule has 0 aliphatic rings. The van der Waals surface area contributed by atoms with Crippen molar-refractivity contribution in [2.45, 2.75) is 4.90 Å². The number of sulfonamides is 1. The highest BCUT2D eigenvalue weighted by atomic mass is 32.2. The molecule has 0 fully saturated rings. The number of para-hydroxylation sites is 2. The van der Waals surface area contributed by atoms with Crippen molar-refractivity contribution in [2.24, 2.45) is 0 Å². The van der Waals surface area contributed by atoms with Crippen LogP contribution in [0.2, 0.25) is 0 Å². The highest BCUT2D eigenvalue weighted by molar-refractivity contribution is 7.89. The molecule has 0 spiro atoms. The molecule has 0 heterocycles. The van der Waals surface area contributed by atoms with E-state index in [-0.39, 0.29) is 16.3 Å². The lowest BCUT2D eigenvalue weighted by atomic mass is 10.2. The van der Waals surface area contributed by atoms with Gasteiger partial charge < -0.3 is 10.1 Å². The Hall–Kier alpha value is -3.38. The Kier molecular flexibility index (Phi) is 6.61. The van der Waals surface area contributed by atoms with Crippen LogP contribution in [-0.2, 0) is 19.6 Å². The summed E-state index contributed by atoms with van der Waals surface area (Å²) in [6.07, 6.45) is 0. The third kappa shape index (κ3) is 5.12. The van der Waals surface area contributed by atoms with E-state index >= 15 is 0 Å². The number of nitro groups is 1.